The minimum Gasteiger partial charge on any atom is -0.370 e. The summed E-state index contributed by atoms with van der Waals surface area (Å²) in [4.78, 5) is 28.6. The number of carbonyl (C=O) groups is 2. The number of nitrogens with zero attached hydrogens (tertiary/aromatic N) is 5. The van der Waals surface area contributed by atoms with Gasteiger partial charge in [0, 0.05) is 30.9 Å². The van der Waals surface area contributed by atoms with Gasteiger partial charge in [-0.05, 0) is 63.0 Å². The summed E-state index contributed by atoms with van der Waals surface area (Å²) in [6.45, 7) is 6.82. The molecule has 2 aliphatic rings. The Morgan fingerprint density at radius 3 is 2.70 bits per heavy atom. The quantitative estimate of drug-likeness (QED) is 0.506. The van der Waals surface area contributed by atoms with Crippen LogP contribution in [0.1, 0.15) is 67.7 Å². The molecule has 2 aliphatic carbocycles. The minimum atomic E-state index is -0.320. The lowest BCUT2D eigenvalue weighted by molar-refractivity contribution is -0.112. The van der Waals surface area contributed by atoms with Gasteiger partial charge in [0.05, 0.1) is 11.7 Å². The zero-order valence-electron chi connectivity index (χ0n) is 18.8. The highest BCUT2D eigenvalue weighted by molar-refractivity contribution is 6.04. The van der Waals surface area contributed by atoms with Crippen LogP contribution in [-0.2, 0) is 4.79 Å². The smallest absolute Gasteiger partial charge is 0.276 e. The second-order valence-corrected chi connectivity index (χ2v) is 9.28. The third kappa shape index (κ3) is 4.67. The van der Waals surface area contributed by atoms with E-state index in [2.05, 4.69) is 27.3 Å². The number of amides is 1. The van der Waals surface area contributed by atoms with Gasteiger partial charge in [0.1, 0.15) is 17.8 Å². The molecule has 3 aromatic heterocycles. The second kappa shape index (κ2) is 8.80. The van der Waals surface area contributed by atoms with E-state index in [0.29, 0.717) is 17.0 Å². The van der Waals surface area contributed by atoms with Crippen molar-refractivity contribution in [3.63, 3.8) is 0 Å². The van der Waals surface area contributed by atoms with Gasteiger partial charge in [-0.2, -0.15) is 10.2 Å². The highest BCUT2D eigenvalue weighted by Crippen LogP contribution is 2.33. The van der Waals surface area contributed by atoms with Crippen molar-refractivity contribution >= 4 is 34.9 Å². The lowest BCUT2D eigenvalue weighted by Crippen LogP contribution is -2.19. The molecule has 0 aliphatic heterocycles. The summed E-state index contributed by atoms with van der Waals surface area (Å²) >= 11 is 0. The molecule has 5 rings (SSSR count). The maximum absolute atomic E-state index is 13.0. The second-order valence-electron chi connectivity index (χ2n) is 9.28. The van der Waals surface area contributed by atoms with Gasteiger partial charge in [-0.3, -0.25) is 9.48 Å². The van der Waals surface area contributed by atoms with Crippen molar-refractivity contribution in [3.8, 4) is 0 Å². The molecule has 0 atom stereocenters. The molecule has 9 heteroatoms. The van der Waals surface area contributed by atoms with Gasteiger partial charge in [0.15, 0.2) is 11.3 Å². The van der Waals surface area contributed by atoms with Crippen LogP contribution in [0.4, 0.5) is 11.5 Å². The number of carbonyl (C=O) groups excluding carboxylic acids is 2. The van der Waals surface area contributed by atoms with Crippen molar-refractivity contribution in [3.05, 3.63) is 42.5 Å². The number of nitrogens with one attached hydrogen (secondary N) is 2. The van der Waals surface area contributed by atoms with Crippen LogP contribution in [-0.4, -0.2) is 43.1 Å². The summed E-state index contributed by atoms with van der Waals surface area (Å²) in [5.74, 6) is 1.36. The fourth-order valence-corrected chi connectivity index (χ4v) is 4.33. The molecule has 0 saturated heterocycles. The van der Waals surface area contributed by atoms with E-state index in [1.54, 1.807) is 16.8 Å². The van der Waals surface area contributed by atoms with E-state index in [9.17, 15) is 9.59 Å². The molecule has 9 nitrogen and oxygen atoms in total. The molecular formula is C24H29N7O2. The summed E-state index contributed by atoms with van der Waals surface area (Å²) in [6, 6.07) is 3.77. The molecule has 1 amide bonds. The molecule has 3 heterocycles. The van der Waals surface area contributed by atoms with Gasteiger partial charge >= 0.3 is 0 Å². The Bertz CT molecular complexity index is 1200. The van der Waals surface area contributed by atoms with E-state index in [-0.39, 0.29) is 23.6 Å². The molecule has 3 aromatic rings. The molecule has 0 bridgehead atoms. The summed E-state index contributed by atoms with van der Waals surface area (Å²) < 4.78 is 3.51. The van der Waals surface area contributed by atoms with Crippen LogP contribution in [0.5, 0.6) is 0 Å². The number of hydrogen-bond acceptors (Lipinski definition) is 6. The zero-order valence-corrected chi connectivity index (χ0v) is 18.8. The SMILES string of the molecule is C=C(C)c1nn(C2CCC(C=O)CC2)cc1NC(=O)c1cc2nc(NCC3CC3)ccn2n1. The molecule has 0 spiro atoms. The van der Waals surface area contributed by atoms with Gasteiger partial charge in [0.25, 0.3) is 5.91 Å². The Balaban J connectivity index is 1.32. The Morgan fingerprint density at radius 1 is 1.21 bits per heavy atom. The first-order valence-corrected chi connectivity index (χ1v) is 11.6. The number of aromatic nitrogens is 5. The number of aldehydes is 1. The number of anilines is 2. The molecule has 172 valence electrons. The average Bonchev–Trinajstić information content (AvgIpc) is 3.40. The van der Waals surface area contributed by atoms with Gasteiger partial charge in [0.2, 0.25) is 0 Å². The van der Waals surface area contributed by atoms with Crippen LogP contribution in [0.2, 0.25) is 0 Å². The van der Waals surface area contributed by atoms with Crippen molar-refractivity contribution in [2.24, 2.45) is 11.8 Å². The molecule has 2 saturated carbocycles. The fraction of sp³-hybridized carbons (Fsp3) is 0.458. The van der Waals surface area contributed by atoms with E-state index in [1.165, 1.54) is 12.8 Å². The maximum atomic E-state index is 13.0. The van der Waals surface area contributed by atoms with Crippen LogP contribution in [0, 0.1) is 11.8 Å². The van der Waals surface area contributed by atoms with E-state index >= 15 is 0 Å². The van der Waals surface area contributed by atoms with Gasteiger partial charge in [-0.1, -0.05) is 6.58 Å². The van der Waals surface area contributed by atoms with Gasteiger partial charge in [-0.25, -0.2) is 9.50 Å². The third-order valence-electron chi connectivity index (χ3n) is 6.52. The topological polar surface area (TPSA) is 106 Å². The molecule has 2 N–H and O–H groups in total. The van der Waals surface area contributed by atoms with Gasteiger partial charge < -0.3 is 15.4 Å². The fourth-order valence-electron chi connectivity index (χ4n) is 4.33. The standard InChI is InChI=1S/C24H29N7O2/c1-15(2)23-20(13-31(29-23)18-7-5-17(14-32)6-8-18)26-24(33)19-11-22-27-21(9-10-30(22)28-19)25-12-16-3-4-16/h9-11,13-14,16-18H,1,3-8,12H2,2H3,(H,25,27)(H,26,33). The molecule has 0 unspecified atom stereocenters. The number of fused-ring (bicyclic) bond motifs is 1. The van der Waals surface area contributed by atoms with Crippen molar-refractivity contribution in [2.75, 3.05) is 17.2 Å². The Hall–Kier alpha value is -3.49. The molecular weight excluding hydrogens is 418 g/mol. The summed E-state index contributed by atoms with van der Waals surface area (Å²) in [5.41, 5.74) is 2.95. The highest BCUT2D eigenvalue weighted by Gasteiger charge is 2.25. The molecule has 0 aromatic carbocycles. The monoisotopic (exact) mass is 447 g/mol. The van der Waals surface area contributed by atoms with E-state index < -0.39 is 0 Å². The van der Waals surface area contributed by atoms with E-state index in [4.69, 9.17) is 5.10 Å². The van der Waals surface area contributed by atoms with Crippen molar-refractivity contribution < 1.29 is 9.59 Å². The lowest BCUT2D eigenvalue weighted by Gasteiger charge is -2.25. The predicted octanol–water partition coefficient (Wildman–Crippen LogP) is 3.96. The minimum absolute atomic E-state index is 0.143. The summed E-state index contributed by atoms with van der Waals surface area (Å²) in [6.07, 6.45) is 10.8. The zero-order chi connectivity index (χ0) is 22.9. The molecule has 0 radical (unpaired) electrons. The Kier molecular flexibility index (Phi) is 5.70. The van der Waals surface area contributed by atoms with Crippen LogP contribution in [0.15, 0.2) is 31.1 Å². The average molecular weight is 448 g/mol. The first kappa shape index (κ1) is 21.4. The van der Waals surface area contributed by atoms with Crippen LogP contribution >= 0.6 is 0 Å². The van der Waals surface area contributed by atoms with Crippen LogP contribution in [0.3, 0.4) is 0 Å². The number of rotatable bonds is 8. The first-order valence-electron chi connectivity index (χ1n) is 11.6. The lowest BCUT2D eigenvalue weighted by atomic mass is 9.87. The van der Waals surface area contributed by atoms with Crippen LogP contribution in [0.25, 0.3) is 11.2 Å². The van der Waals surface area contributed by atoms with Crippen molar-refractivity contribution in [1.29, 1.82) is 0 Å². The van der Waals surface area contributed by atoms with Gasteiger partial charge in [-0.15, -0.1) is 0 Å². The van der Waals surface area contributed by atoms with E-state index in [1.807, 2.05) is 23.9 Å². The van der Waals surface area contributed by atoms with Crippen molar-refractivity contribution in [1.82, 2.24) is 24.4 Å². The summed E-state index contributed by atoms with van der Waals surface area (Å²) in [7, 11) is 0. The van der Waals surface area contributed by atoms with Crippen LogP contribution < -0.4 is 10.6 Å². The third-order valence-corrected chi connectivity index (χ3v) is 6.52. The summed E-state index contributed by atoms with van der Waals surface area (Å²) in [5, 5.41) is 15.4. The molecule has 33 heavy (non-hydrogen) atoms. The highest BCUT2D eigenvalue weighted by atomic mass is 16.2. The number of hydrogen-bond donors (Lipinski definition) is 2. The maximum Gasteiger partial charge on any atom is 0.276 e. The normalized spacial score (nSPS) is 20.5. The Labute approximate surface area is 192 Å². The van der Waals surface area contributed by atoms with Crippen molar-refractivity contribution in [2.45, 2.75) is 51.5 Å². The van der Waals surface area contributed by atoms with E-state index in [0.717, 1.165) is 55.8 Å². The Morgan fingerprint density at radius 2 is 2.00 bits per heavy atom. The largest absolute Gasteiger partial charge is 0.370 e. The first-order chi connectivity index (χ1) is 16.0. The number of allylic oxidation sites excluding steroid dienone is 1. The molecule has 2 fully saturated rings. The predicted molar refractivity (Wildman–Crippen MR) is 126 cm³/mol.